The zero-order valence-corrected chi connectivity index (χ0v) is 16.5. The first-order valence-corrected chi connectivity index (χ1v) is 8.98. The van der Waals surface area contributed by atoms with Gasteiger partial charge in [-0.05, 0) is 18.2 Å². The molecule has 0 amide bonds. The Labute approximate surface area is 174 Å². The molecule has 0 aliphatic rings. The Morgan fingerprint density at radius 2 is 2.07 bits per heavy atom. The maximum absolute atomic E-state index is 13.9. The Balaban J connectivity index is 1.77. The summed E-state index contributed by atoms with van der Waals surface area (Å²) in [4.78, 5) is 22.9. The van der Waals surface area contributed by atoms with Gasteiger partial charge >= 0.3 is 5.69 Å². The summed E-state index contributed by atoms with van der Waals surface area (Å²) in [6.45, 7) is 0. The number of nitrogens with zero attached hydrogens (tertiary/aromatic N) is 5. The molecule has 1 N–H and O–H groups in total. The molecular formula is C19H14ClFN6O3. The van der Waals surface area contributed by atoms with Gasteiger partial charge in [-0.1, -0.05) is 11.6 Å². The quantitative estimate of drug-likeness (QED) is 0.368. The van der Waals surface area contributed by atoms with Crippen molar-refractivity contribution in [2.45, 2.75) is 0 Å². The summed E-state index contributed by atoms with van der Waals surface area (Å²) in [7, 11) is 3.22. The predicted octanol–water partition coefficient (Wildman–Crippen LogP) is 4.48. The minimum Gasteiger partial charge on any atom is -0.494 e. The van der Waals surface area contributed by atoms with Gasteiger partial charge in [0.25, 0.3) is 0 Å². The minimum atomic E-state index is -1.01. The largest absolute Gasteiger partial charge is 0.494 e. The van der Waals surface area contributed by atoms with Crippen LogP contribution in [0.1, 0.15) is 0 Å². The number of ether oxygens (including phenoxy) is 1. The van der Waals surface area contributed by atoms with Crippen LogP contribution < -0.4 is 10.1 Å². The summed E-state index contributed by atoms with van der Waals surface area (Å²) in [5.41, 5.74) is 1.12. The van der Waals surface area contributed by atoms with E-state index in [0.29, 0.717) is 10.8 Å². The third-order valence-electron chi connectivity index (χ3n) is 4.48. The molecule has 4 rings (SSSR count). The standard InChI is InChI=1S/C19H14ClFN6O3/c1-26-8-12(11-5-10(20)3-4-15(11)26)18-22-9-23-19(25-18)24-14-7-16(27(28)29)13(21)6-17(14)30-2/h3-9H,1-2H3,(H,22,23,24,25). The number of benzene rings is 2. The molecule has 0 saturated carbocycles. The number of hydrogen-bond acceptors (Lipinski definition) is 7. The lowest BCUT2D eigenvalue weighted by Crippen LogP contribution is -2.03. The number of methoxy groups -OCH3 is 1. The van der Waals surface area contributed by atoms with Crippen molar-refractivity contribution >= 4 is 39.8 Å². The Hall–Kier alpha value is -3.79. The fourth-order valence-corrected chi connectivity index (χ4v) is 3.27. The minimum absolute atomic E-state index is 0.0667. The second kappa shape index (κ2) is 7.56. The molecule has 4 aromatic rings. The van der Waals surface area contributed by atoms with Crippen molar-refractivity contribution in [3.05, 3.63) is 63.8 Å². The number of aromatic nitrogens is 4. The fraction of sp³-hybridized carbons (Fsp3) is 0.105. The monoisotopic (exact) mass is 428 g/mol. The number of nitro groups is 1. The van der Waals surface area contributed by atoms with Crippen LogP contribution in [0.5, 0.6) is 5.75 Å². The molecule has 2 aromatic heterocycles. The van der Waals surface area contributed by atoms with E-state index in [1.807, 2.05) is 29.9 Å². The van der Waals surface area contributed by atoms with E-state index in [2.05, 4.69) is 20.3 Å². The average molecular weight is 429 g/mol. The van der Waals surface area contributed by atoms with Crippen molar-refractivity contribution in [1.29, 1.82) is 0 Å². The van der Waals surface area contributed by atoms with E-state index >= 15 is 0 Å². The summed E-state index contributed by atoms with van der Waals surface area (Å²) in [6.07, 6.45) is 3.17. The van der Waals surface area contributed by atoms with E-state index in [4.69, 9.17) is 16.3 Å². The van der Waals surface area contributed by atoms with Gasteiger partial charge < -0.3 is 14.6 Å². The fourth-order valence-electron chi connectivity index (χ4n) is 3.10. The molecule has 0 fully saturated rings. The van der Waals surface area contributed by atoms with Gasteiger partial charge in [0.1, 0.15) is 12.1 Å². The molecule has 152 valence electrons. The van der Waals surface area contributed by atoms with E-state index in [0.717, 1.165) is 28.6 Å². The van der Waals surface area contributed by atoms with Crippen molar-refractivity contribution in [3.8, 4) is 17.1 Å². The molecular weight excluding hydrogens is 415 g/mol. The van der Waals surface area contributed by atoms with Gasteiger partial charge in [0.15, 0.2) is 5.82 Å². The molecule has 0 aliphatic heterocycles. The molecule has 0 atom stereocenters. The first-order valence-electron chi connectivity index (χ1n) is 8.60. The maximum Gasteiger partial charge on any atom is 0.307 e. The van der Waals surface area contributed by atoms with Crippen molar-refractivity contribution in [2.75, 3.05) is 12.4 Å². The molecule has 30 heavy (non-hydrogen) atoms. The normalized spacial score (nSPS) is 10.9. The zero-order valence-electron chi connectivity index (χ0n) is 15.8. The first kappa shape index (κ1) is 19.5. The van der Waals surface area contributed by atoms with Gasteiger partial charge in [0, 0.05) is 46.9 Å². The van der Waals surface area contributed by atoms with Crippen LogP contribution in [0.25, 0.3) is 22.3 Å². The predicted molar refractivity (Wildman–Crippen MR) is 110 cm³/mol. The Morgan fingerprint density at radius 3 is 2.80 bits per heavy atom. The molecule has 0 unspecified atom stereocenters. The van der Waals surface area contributed by atoms with Crippen LogP contribution in [0.15, 0.2) is 42.9 Å². The lowest BCUT2D eigenvalue weighted by atomic mass is 10.1. The Bertz CT molecular complexity index is 1290. The summed E-state index contributed by atoms with van der Waals surface area (Å²) in [5.74, 6) is -0.461. The van der Waals surface area contributed by atoms with Crippen molar-refractivity contribution in [1.82, 2.24) is 19.5 Å². The number of rotatable bonds is 5. The lowest BCUT2D eigenvalue weighted by molar-refractivity contribution is -0.387. The number of fused-ring (bicyclic) bond motifs is 1. The van der Waals surface area contributed by atoms with Crippen LogP contribution in [0, 0.1) is 15.9 Å². The summed E-state index contributed by atoms with van der Waals surface area (Å²) in [6, 6.07) is 7.45. The van der Waals surface area contributed by atoms with E-state index in [1.165, 1.54) is 13.4 Å². The second-order valence-corrected chi connectivity index (χ2v) is 6.77. The Morgan fingerprint density at radius 1 is 1.27 bits per heavy atom. The van der Waals surface area contributed by atoms with Crippen LogP contribution in [0.3, 0.4) is 0 Å². The highest BCUT2D eigenvalue weighted by atomic mass is 35.5. The maximum atomic E-state index is 13.9. The molecule has 0 saturated heterocycles. The lowest BCUT2D eigenvalue weighted by Gasteiger charge is -2.10. The van der Waals surface area contributed by atoms with Gasteiger partial charge in [-0.2, -0.15) is 9.37 Å². The topological polar surface area (TPSA) is 108 Å². The number of hydrogen-bond donors (Lipinski definition) is 1. The van der Waals surface area contributed by atoms with Crippen LogP contribution >= 0.6 is 11.6 Å². The third-order valence-corrected chi connectivity index (χ3v) is 4.71. The van der Waals surface area contributed by atoms with E-state index < -0.39 is 16.4 Å². The van der Waals surface area contributed by atoms with Gasteiger partial charge in [-0.25, -0.2) is 9.97 Å². The van der Waals surface area contributed by atoms with Crippen molar-refractivity contribution in [2.24, 2.45) is 7.05 Å². The van der Waals surface area contributed by atoms with Crippen molar-refractivity contribution in [3.63, 3.8) is 0 Å². The molecule has 9 nitrogen and oxygen atoms in total. The van der Waals surface area contributed by atoms with Crippen LogP contribution in [-0.2, 0) is 7.05 Å². The highest BCUT2D eigenvalue weighted by molar-refractivity contribution is 6.31. The first-order chi connectivity index (χ1) is 14.4. The molecule has 0 radical (unpaired) electrons. The second-order valence-electron chi connectivity index (χ2n) is 6.33. The average Bonchev–Trinajstić information content (AvgIpc) is 3.04. The highest BCUT2D eigenvalue weighted by Gasteiger charge is 2.20. The number of nitro benzene ring substituents is 1. The number of aryl methyl sites for hydroxylation is 1. The SMILES string of the molecule is COc1cc(F)c([N+](=O)[O-])cc1Nc1ncnc(-c2cn(C)c3ccc(Cl)cc23)n1. The summed E-state index contributed by atoms with van der Waals surface area (Å²) in [5, 5.41) is 15.3. The number of nitrogens with one attached hydrogen (secondary N) is 1. The summed E-state index contributed by atoms with van der Waals surface area (Å²) >= 11 is 6.14. The molecule has 11 heteroatoms. The van der Waals surface area contributed by atoms with Crippen LogP contribution in [0.4, 0.5) is 21.7 Å². The van der Waals surface area contributed by atoms with Gasteiger partial charge in [0.2, 0.25) is 11.8 Å². The Kier molecular flexibility index (Phi) is 4.92. The molecule has 0 spiro atoms. The van der Waals surface area contributed by atoms with Gasteiger partial charge in [0.05, 0.1) is 17.7 Å². The number of anilines is 2. The summed E-state index contributed by atoms with van der Waals surface area (Å²) < 4.78 is 20.9. The molecule has 0 aliphatic carbocycles. The molecule has 0 bridgehead atoms. The van der Waals surface area contributed by atoms with Crippen molar-refractivity contribution < 1.29 is 14.1 Å². The van der Waals surface area contributed by atoms with E-state index in [-0.39, 0.29) is 17.4 Å². The van der Waals surface area contributed by atoms with Crippen LogP contribution in [0.2, 0.25) is 5.02 Å². The third kappa shape index (κ3) is 3.48. The van der Waals surface area contributed by atoms with E-state index in [9.17, 15) is 14.5 Å². The highest BCUT2D eigenvalue weighted by Crippen LogP contribution is 2.34. The molecule has 2 heterocycles. The number of halogens is 2. The van der Waals surface area contributed by atoms with Gasteiger partial charge in [-0.15, -0.1) is 0 Å². The smallest absolute Gasteiger partial charge is 0.307 e. The van der Waals surface area contributed by atoms with E-state index in [1.54, 1.807) is 6.07 Å². The van der Waals surface area contributed by atoms with Gasteiger partial charge in [-0.3, -0.25) is 10.1 Å². The van der Waals surface area contributed by atoms with Crippen LogP contribution in [-0.4, -0.2) is 31.6 Å². The molecule has 2 aromatic carbocycles. The zero-order chi connectivity index (χ0) is 21.4.